The summed E-state index contributed by atoms with van der Waals surface area (Å²) in [6, 6.07) is 7.18. The number of benzene rings is 1. The number of allylic oxidation sites excluding steroid dienone is 2. The van der Waals surface area contributed by atoms with Crippen LogP contribution in [0.1, 0.15) is 27.7 Å². The van der Waals surface area contributed by atoms with Crippen LogP contribution in [0.2, 0.25) is 0 Å². The van der Waals surface area contributed by atoms with Crippen LogP contribution in [-0.2, 0) is 4.79 Å². The number of rotatable bonds is 3. The van der Waals surface area contributed by atoms with E-state index >= 15 is 0 Å². The van der Waals surface area contributed by atoms with E-state index in [-0.39, 0.29) is 5.91 Å². The van der Waals surface area contributed by atoms with E-state index in [1.807, 2.05) is 45.9 Å². The Morgan fingerprint density at radius 3 is 2.33 bits per heavy atom. The van der Waals surface area contributed by atoms with Crippen molar-refractivity contribution in [3.8, 4) is 0 Å². The number of hydrogen-bond acceptors (Lipinski definition) is 2. The zero-order chi connectivity index (χ0) is 14.0. The van der Waals surface area contributed by atoms with Gasteiger partial charge < -0.3 is 11.1 Å². The molecule has 0 aliphatic carbocycles. The fraction of sp³-hybridized carbons (Fsp3) is 0.267. The molecule has 0 aromatic heterocycles. The molecule has 0 unspecified atom stereocenters. The van der Waals surface area contributed by atoms with Gasteiger partial charge in [-0.25, -0.2) is 0 Å². The Bertz CT molecular complexity index is 434. The lowest BCUT2D eigenvalue weighted by molar-refractivity contribution is -0.112. The van der Waals surface area contributed by atoms with Gasteiger partial charge in [0, 0.05) is 5.57 Å². The summed E-state index contributed by atoms with van der Waals surface area (Å²) in [5.41, 5.74) is 7.55. The molecule has 0 heterocycles. The van der Waals surface area contributed by atoms with Gasteiger partial charge in [-0.15, -0.1) is 0 Å². The third-order valence-corrected chi connectivity index (χ3v) is 2.13. The molecule has 1 aromatic rings. The average molecular weight is 246 g/mol. The summed E-state index contributed by atoms with van der Waals surface area (Å²) in [5, 5.41) is 2.76. The maximum absolute atomic E-state index is 11.8. The SMILES string of the molecule is C/C=C\C(=C/C)C(=O)Nc1ccccc1N.CC. The molecule has 3 heteroatoms. The molecule has 0 aliphatic rings. The van der Waals surface area contributed by atoms with Crippen molar-refractivity contribution < 1.29 is 4.79 Å². The molecule has 0 saturated heterocycles. The largest absolute Gasteiger partial charge is 0.397 e. The van der Waals surface area contributed by atoms with Crippen molar-refractivity contribution in [2.24, 2.45) is 0 Å². The van der Waals surface area contributed by atoms with E-state index in [1.165, 1.54) is 0 Å². The van der Waals surface area contributed by atoms with Crippen LogP contribution in [0.4, 0.5) is 11.4 Å². The minimum atomic E-state index is -0.154. The maximum Gasteiger partial charge on any atom is 0.255 e. The van der Waals surface area contributed by atoms with Gasteiger partial charge in [-0.2, -0.15) is 0 Å². The summed E-state index contributed by atoms with van der Waals surface area (Å²) in [6.45, 7) is 7.69. The van der Waals surface area contributed by atoms with Gasteiger partial charge >= 0.3 is 0 Å². The normalized spacial score (nSPS) is 10.8. The number of anilines is 2. The van der Waals surface area contributed by atoms with Crippen LogP contribution >= 0.6 is 0 Å². The average Bonchev–Trinajstić information content (AvgIpc) is 2.41. The number of nitrogens with one attached hydrogen (secondary N) is 1. The monoisotopic (exact) mass is 246 g/mol. The maximum atomic E-state index is 11.8. The van der Waals surface area contributed by atoms with Crippen LogP contribution in [0.15, 0.2) is 48.1 Å². The van der Waals surface area contributed by atoms with Crippen LogP contribution in [0.25, 0.3) is 0 Å². The summed E-state index contributed by atoms with van der Waals surface area (Å²) in [5.74, 6) is -0.154. The number of carbonyl (C=O) groups is 1. The van der Waals surface area contributed by atoms with E-state index in [1.54, 1.807) is 24.3 Å². The highest BCUT2D eigenvalue weighted by atomic mass is 16.1. The first kappa shape index (κ1) is 16.0. The first-order valence-electron chi connectivity index (χ1n) is 6.14. The summed E-state index contributed by atoms with van der Waals surface area (Å²) in [4.78, 5) is 11.8. The van der Waals surface area contributed by atoms with Crippen molar-refractivity contribution in [3.05, 3.63) is 48.1 Å². The van der Waals surface area contributed by atoms with Gasteiger partial charge in [-0.1, -0.05) is 44.2 Å². The van der Waals surface area contributed by atoms with Gasteiger partial charge in [0.1, 0.15) is 0 Å². The topological polar surface area (TPSA) is 55.1 Å². The van der Waals surface area contributed by atoms with E-state index in [2.05, 4.69) is 5.32 Å². The van der Waals surface area contributed by atoms with E-state index in [0.29, 0.717) is 16.9 Å². The van der Waals surface area contributed by atoms with E-state index in [9.17, 15) is 4.79 Å². The molecule has 1 amide bonds. The van der Waals surface area contributed by atoms with E-state index in [4.69, 9.17) is 5.73 Å². The highest BCUT2D eigenvalue weighted by molar-refractivity contribution is 6.06. The molecule has 1 rings (SSSR count). The summed E-state index contributed by atoms with van der Waals surface area (Å²) >= 11 is 0. The van der Waals surface area contributed by atoms with Crippen LogP contribution < -0.4 is 11.1 Å². The molecular formula is C15H22N2O. The fourth-order valence-electron chi connectivity index (χ4n) is 1.29. The minimum absolute atomic E-state index is 0.154. The lowest BCUT2D eigenvalue weighted by atomic mass is 10.2. The Kier molecular flexibility index (Phi) is 8.03. The van der Waals surface area contributed by atoms with Gasteiger partial charge in [-0.3, -0.25) is 4.79 Å². The Hall–Kier alpha value is -2.03. The van der Waals surface area contributed by atoms with E-state index in [0.717, 1.165) is 0 Å². The molecular weight excluding hydrogens is 224 g/mol. The summed E-state index contributed by atoms with van der Waals surface area (Å²) < 4.78 is 0. The van der Waals surface area contributed by atoms with Gasteiger partial charge in [0.05, 0.1) is 11.4 Å². The highest BCUT2D eigenvalue weighted by Crippen LogP contribution is 2.17. The van der Waals surface area contributed by atoms with Gasteiger partial charge in [0.15, 0.2) is 0 Å². The van der Waals surface area contributed by atoms with Gasteiger partial charge in [-0.05, 0) is 26.0 Å². The second-order valence-electron chi connectivity index (χ2n) is 3.29. The summed E-state index contributed by atoms with van der Waals surface area (Å²) in [6.07, 6.45) is 5.34. The highest BCUT2D eigenvalue weighted by Gasteiger charge is 2.06. The number of carbonyl (C=O) groups excluding carboxylic acids is 1. The molecule has 0 radical (unpaired) electrons. The number of para-hydroxylation sites is 2. The van der Waals surface area contributed by atoms with Crippen molar-refractivity contribution in [1.29, 1.82) is 0 Å². The molecule has 0 bridgehead atoms. The molecule has 1 aromatic carbocycles. The number of amides is 1. The lowest BCUT2D eigenvalue weighted by Gasteiger charge is -2.07. The number of nitrogens with two attached hydrogens (primary N) is 1. The van der Waals surface area contributed by atoms with Gasteiger partial charge in [0.25, 0.3) is 5.91 Å². The quantitative estimate of drug-likeness (QED) is 0.485. The van der Waals surface area contributed by atoms with Crippen LogP contribution in [0.5, 0.6) is 0 Å². The number of hydrogen-bond donors (Lipinski definition) is 2. The predicted octanol–water partition coefficient (Wildman–Crippen LogP) is 3.76. The van der Waals surface area contributed by atoms with Crippen molar-refractivity contribution in [3.63, 3.8) is 0 Å². The van der Waals surface area contributed by atoms with Crippen molar-refractivity contribution in [2.45, 2.75) is 27.7 Å². The van der Waals surface area contributed by atoms with Crippen LogP contribution in [0.3, 0.4) is 0 Å². The lowest BCUT2D eigenvalue weighted by Crippen LogP contribution is -2.14. The Morgan fingerprint density at radius 2 is 1.83 bits per heavy atom. The predicted molar refractivity (Wildman–Crippen MR) is 79.4 cm³/mol. The Labute approximate surface area is 109 Å². The van der Waals surface area contributed by atoms with Gasteiger partial charge in [0.2, 0.25) is 0 Å². The molecule has 3 nitrogen and oxygen atoms in total. The molecule has 98 valence electrons. The van der Waals surface area contributed by atoms with Crippen molar-refractivity contribution in [2.75, 3.05) is 11.1 Å². The van der Waals surface area contributed by atoms with Crippen molar-refractivity contribution >= 4 is 17.3 Å². The zero-order valence-corrected chi connectivity index (χ0v) is 11.5. The Morgan fingerprint density at radius 1 is 1.22 bits per heavy atom. The first-order valence-corrected chi connectivity index (χ1v) is 6.14. The third kappa shape index (κ3) is 4.87. The second-order valence-corrected chi connectivity index (χ2v) is 3.29. The molecule has 0 aliphatic heterocycles. The van der Waals surface area contributed by atoms with Crippen LogP contribution in [0, 0.1) is 0 Å². The third-order valence-electron chi connectivity index (χ3n) is 2.13. The molecule has 0 fully saturated rings. The first-order chi connectivity index (χ1) is 8.69. The number of nitrogen functional groups attached to an aromatic ring is 1. The zero-order valence-electron chi connectivity index (χ0n) is 11.5. The summed E-state index contributed by atoms with van der Waals surface area (Å²) in [7, 11) is 0. The van der Waals surface area contributed by atoms with E-state index < -0.39 is 0 Å². The molecule has 3 N–H and O–H groups in total. The Balaban J connectivity index is 0.00000137. The fourth-order valence-corrected chi connectivity index (χ4v) is 1.29. The molecule has 0 spiro atoms. The molecule has 18 heavy (non-hydrogen) atoms. The smallest absolute Gasteiger partial charge is 0.255 e. The minimum Gasteiger partial charge on any atom is -0.397 e. The van der Waals surface area contributed by atoms with Crippen molar-refractivity contribution in [1.82, 2.24) is 0 Å². The standard InChI is InChI=1S/C13H16N2O.C2H6/c1-3-7-10(4-2)13(16)15-12-9-6-5-8-11(12)14;1-2/h3-9H,14H2,1-2H3,(H,15,16);1-2H3/b7-3-,10-4+;. The van der Waals surface area contributed by atoms with Crippen LogP contribution in [-0.4, -0.2) is 5.91 Å². The second kappa shape index (κ2) is 9.05. The molecule has 0 saturated carbocycles. The molecule has 0 atom stereocenters.